The van der Waals surface area contributed by atoms with Crippen LogP contribution in [0.2, 0.25) is 0 Å². The second-order valence-corrected chi connectivity index (χ2v) is 5.33. The summed E-state index contributed by atoms with van der Waals surface area (Å²) in [6, 6.07) is 8.82. The van der Waals surface area contributed by atoms with Gasteiger partial charge in [-0.15, -0.1) is 11.3 Å². The van der Waals surface area contributed by atoms with E-state index in [-0.39, 0.29) is 0 Å². The highest BCUT2D eigenvalue weighted by Crippen LogP contribution is 2.30. The third-order valence-electron chi connectivity index (χ3n) is 2.07. The summed E-state index contributed by atoms with van der Waals surface area (Å²) in [6.07, 6.45) is 0. The van der Waals surface area contributed by atoms with Gasteiger partial charge in [-0.05, 0) is 41.4 Å². The summed E-state index contributed by atoms with van der Waals surface area (Å²) in [6.45, 7) is 4.28. The number of hydrogen-bond donors (Lipinski definition) is 0. The maximum atomic E-state index is 3.48. The molecule has 1 heterocycles. The zero-order chi connectivity index (χ0) is 10.1. The SMILES string of the molecule is Cc1cc(C)cc(-c2cc(Br)cs2)c1. The number of benzene rings is 1. The molecule has 0 aliphatic heterocycles. The van der Waals surface area contributed by atoms with Gasteiger partial charge in [-0.3, -0.25) is 0 Å². The second-order valence-electron chi connectivity index (χ2n) is 3.51. The Balaban J connectivity index is 2.51. The van der Waals surface area contributed by atoms with Gasteiger partial charge in [0.2, 0.25) is 0 Å². The third kappa shape index (κ3) is 2.07. The Morgan fingerprint density at radius 1 is 1.00 bits per heavy atom. The minimum absolute atomic E-state index is 1.16. The van der Waals surface area contributed by atoms with E-state index in [1.807, 2.05) is 0 Å². The number of thiophene rings is 1. The van der Waals surface area contributed by atoms with E-state index in [9.17, 15) is 0 Å². The minimum Gasteiger partial charge on any atom is -0.143 e. The summed E-state index contributed by atoms with van der Waals surface area (Å²) in [5.41, 5.74) is 3.97. The van der Waals surface area contributed by atoms with Gasteiger partial charge in [0.1, 0.15) is 0 Å². The van der Waals surface area contributed by atoms with Crippen LogP contribution in [0.1, 0.15) is 11.1 Å². The van der Waals surface area contributed by atoms with Crippen LogP contribution in [0.15, 0.2) is 34.1 Å². The van der Waals surface area contributed by atoms with Gasteiger partial charge in [0, 0.05) is 14.7 Å². The highest BCUT2D eigenvalue weighted by Gasteiger charge is 2.02. The van der Waals surface area contributed by atoms with Gasteiger partial charge in [0.25, 0.3) is 0 Å². The normalized spacial score (nSPS) is 10.5. The second kappa shape index (κ2) is 3.87. The molecule has 2 aromatic rings. The van der Waals surface area contributed by atoms with Crippen LogP contribution in [-0.4, -0.2) is 0 Å². The lowest BCUT2D eigenvalue weighted by Gasteiger charge is -2.01. The molecule has 0 nitrogen and oxygen atoms in total. The van der Waals surface area contributed by atoms with Crippen LogP contribution in [0.5, 0.6) is 0 Å². The number of aryl methyl sites for hydroxylation is 2. The van der Waals surface area contributed by atoms with Crippen LogP contribution in [0.25, 0.3) is 10.4 Å². The average Bonchev–Trinajstić information content (AvgIpc) is 2.50. The van der Waals surface area contributed by atoms with E-state index in [1.54, 1.807) is 11.3 Å². The van der Waals surface area contributed by atoms with Crippen molar-refractivity contribution in [3.63, 3.8) is 0 Å². The highest BCUT2D eigenvalue weighted by molar-refractivity contribution is 9.10. The molecule has 1 aromatic heterocycles. The zero-order valence-electron chi connectivity index (χ0n) is 8.17. The van der Waals surface area contributed by atoms with Crippen molar-refractivity contribution in [1.29, 1.82) is 0 Å². The first-order valence-corrected chi connectivity index (χ1v) is 6.15. The maximum absolute atomic E-state index is 3.48. The van der Waals surface area contributed by atoms with Crippen molar-refractivity contribution >= 4 is 27.3 Å². The molecule has 0 fully saturated rings. The first-order chi connectivity index (χ1) is 6.65. The standard InChI is InChI=1S/C12H11BrS/c1-8-3-9(2)5-10(4-8)12-6-11(13)7-14-12/h3-7H,1-2H3. The Labute approximate surface area is 96.7 Å². The predicted octanol–water partition coefficient (Wildman–Crippen LogP) is 4.79. The summed E-state index contributed by atoms with van der Waals surface area (Å²) in [7, 11) is 0. The predicted molar refractivity (Wildman–Crippen MR) is 66.9 cm³/mol. The van der Waals surface area contributed by atoms with Gasteiger partial charge in [0.05, 0.1) is 0 Å². The molecule has 0 saturated heterocycles. The lowest BCUT2D eigenvalue weighted by Crippen LogP contribution is -1.79. The van der Waals surface area contributed by atoms with Gasteiger partial charge in [-0.1, -0.05) is 29.3 Å². The summed E-state index contributed by atoms with van der Waals surface area (Å²) < 4.78 is 1.16. The minimum atomic E-state index is 1.16. The number of rotatable bonds is 1. The van der Waals surface area contributed by atoms with Crippen molar-refractivity contribution in [2.75, 3.05) is 0 Å². The Hall–Kier alpha value is -0.600. The first-order valence-electron chi connectivity index (χ1n) is 4.48. The molecule has 0 aliphatic rings. The maximum Gasteiger partial charge on any atom is 0.0354 e. The lowest BCUT2D eigenvalue weighted by molar-refractivity contribution is 1.39. The van der Waals surface area contributed by atoms with E-state index < -0.39 is 0 Å². The van der Waals surface area contributed by atoms with Crippen LogP contribution in [-0.2, 0) is 0 Å². The Morgan fingerprint density at radius 3 is 2.14 bits per heavy atom. The molecule has 2 rings (SSSR count). The van der Waals surface area contributed by atoms with E-state index >= 15 is 0 Å². The quantitative estimate of drug-likeness (QED) is 0.696. The molecule has 0 bridgehead atoms. The van der Waals surface area contributed by atoms with Crippen molar-refractivity contribution in [3.8, 4) is 10.4 Å². The van der Waals surface area contributed by atoms with E-state index in [1.165, 1.54) is 21.6 Å². The third-order valence-corrected chi connectivity index (χ3v) is 3.81. The van der Waals surface area contributed by atoms with Crippen molar-refractivity contribution in [2.24, 2.45) is 0 Å². The number of halogens is 1. The Morgan fingerprint density at radius 2 is 1.64 bits per heavy atom. The van der Waals surface area contributed by atoms with Crippen LogP contribution < -0.4 is 0 Å². The zero-order valence-corrected chi connectivity index (χ0v) is 10.6. The molecule has 0 N–H and O–H groups in total. The molecule has 0 aliphatic carbocycles. The Kier molecular flexibility index (Phi) is 2.75. The number of hydrogen-bond acceptors (Lipinski definition) is 1. The van der Waals surface area contributed by atoms with Crippen LogP contribution in [0.3, 0.4) is 0 Å². The molecule has 0 unspecified atom stereocenters. The first kappa shape index (κ1) is 9.94. The van der Waals surface area contributed by atoms with E-state index in [0.29, 0.717) is 0 Å². The Bertz CT molecular complexity index is 437. The summed E-state index contributed by atoms with van der Waals surface area (Å²) in [5, 5.41) is 2.12. The van der Waals surface area contributed by atoms with Crippen LogP contribution in [0, 0.1) is 13.8 Å². The molecule has 14 heavy (non-hydrogen) atoms. The fourth-order valence-electron chi connectivity index (χ4n) is 1.58. The summed E-state index contributed by atoms with van der Waals surface area (Å²) in [4.78, 5) is 1.32. The average molecular weight is 267 g/mol. The van der Waals surface area contributed by atoms with Gasteiger partial charge in [-0.2, -0.15) is 0 Å². The molecule has 72 valence electrons. The van der Waals surface area contributed by atoms with Gasteiger partial charge in [0.15, 0.2) is 0 Å². The molecule has 0 atom stereocenters. The van der Waals surface area contributed by atoms with Crippen molar-refractivity contribution < 1.29 is 0 Å². The highest BCUT2D eigenvalue weighted by atomic mass is 79.9. The summed E-state index contributed by atoms with van der Waals surface area (Å²) >= 11 is 5.25. The molecule has 0 radical (unpaired) electrons. The van der Waals surface area contributed by atoms with Crippen LogP contribution >= 0.6 is 27.3 Å². The molecular formula is C12H11BrS. The molecule has 1 aromatic carbocycles. The van der Waals surface area contributed by atoms with Crippen molar-refractivity contribution in [3.05, 3.63) is 45.2 Å². The van der Waals surface area contributed by atoms with Gasteiger partial charge >= 0.3 is 0 Å². The van der Waals surface area contributed by atoms with Crippen molar-refractivity contribution in [2.45, 2.75) is 13.8 Å². The molecule has 0 amide bonds. The van der Waals surface area contributed by atoms with E-state index in [0.717, 1.165) is 4.47 Å². The molecule has 0 saturated carbocycles. The van der Waals surface area contributed by atoms with Crippen LogP contribution in [0.4, 0.5) is 0 Å². The molecule has 2 heteroatoms. The van der Waals surface area contributed by atoms with E-state index in [4.69, 9.17) is 0 Å². The largest absolute Gasteiger partial charge is 0.143 e. The van der Waals surface area contributed by atoms with Gasteiger partial charge in [-0.25, -0.2) is 0 Å². The topological polar surface area (TPSA) is 0 Å². The monoisotopic (exact) mass is 266 g/mol. The van der Waals surface area contributed by atoms with E-state index in [2.05, 4.69) is 59.4 Å². The molecule has 0 spiro atoms. The molecular weight excluding hydrogens is 256 g/mol. The lowest BCUT2D eigenvalue weighted by atomic mass is 10.1. The van der Waals surface area contributed by atoms with Crippen molar-refractivity contribution in [1.82, 2.24) is 0 Å². The fourth-order valence-corrected chi connectivity index (χ4v) is 3.00. The summed E-state index contributed by atoms with van der Waals surface area (Å²) in [5.74, 6) is 0. The smallest absolute Gasteiger partial charge is 0.0354 e. The van der Waals surface area contributed by atoms with Gasteiger partial charge < -0.3 is 0 Å². The fraction of sp³-hybridized carbons (Fsp3) is 0.167.